The van der Waals surface area contributed by atoms with E-state index in [2.05, 4.69) is 19.9 Å². The van der Waals surface area contributed by atoms with Gasteiger partial charge in [-0.25, -0.2) is 4.79 Å². The molecule has 0 aromatic heterocycles. The van der Waals surface area contributed by atoms with E-state index in [1.165, 1.54) is 33.3 Å². The van der Waals surface area contributed by atoms with E-state index in [-0.39, 0.29) is 23.5 Å². The Labute approximate surface area is 163 Å². The number of carbonyl (C=O) groups excluding carboxylic acids is 2. The fourth-order valence-corrected chi connectivity index (χ4v) is 7.55. The summed E-state index contributed by atoms with van der Waals surface area (Å²) in [6, 6.07) is 0. The molecule has 7 unspecified atom stereocenters. The zero-order valence-corrected chi connectivity index (χ0v) is 17.3. The summed E-state index contributed by atoms with van der Waals surface area (Å²) in [7, 11) is 1.50. The van der Waals surface area contributed by atoms with Gasteiger partial charge >= 0.3 is 11.9 Å². The van der Waals surface area contributed by atoms with Gasteiger partial charge in [-0.3, -0.25) is 4.79 Å². The third-order valence-electron chi connectivity index (χ3n) is 8.94. The molecule has 0 saturated heterocycles. The highest BCUT2D eigenvalue weighted by Crippen LogP contribution is 2.66. The number of carbonyl (C=O) groups is 2. The molecule has 0 aromatic carbocycles. The Bertz CT molecular complexity index is 667. The number of hydrogen-bond donors (Lipinski definition) is 0. The van der Waals surface area contributed by atoms with E-state index in [4.69, 9.17) is 9.47 Å². The summed E-state index contributed by atoms with van der Waals surface area (Å²) in [5.41, 5.74) is 1.28. The van der Waals surface area contributed by atoms with Gasteiger partial charge in [0.2, 0.25) is 0 Å². The van der Waals surface area contributed by atoms with Gasteiger partial charge in [-0.1, -0.05) is 19.9 Å². The molecule has 0 N–H and O–H groups in total. The van der Waals surface area contributed by atoms with Gasteiger partial charge in [0.1, 0.15) is 6.10 Å². The predicted molar refractivity (Wildman–Crippen MR) is 103 cm³/mol. The van der Waals surface area contributed by atoms with Crippen LogP contribution in [-0.4, -0.2) is 25.2 Å². The normalized spacial score (nSPS) is 45.8. The second-order valence-corrected chi connectivity index (χ2v) is 9.96. The molecule has 150 valence electrons. The summed E-state index contributed by atoms with van der Waals surface area (Å²) < 4.78 is 10.6. The van der Waals surface area contributed by atoms with Crippen LogP contribution in [0.3, 0.4) is 0 Å². The van der Waals surface area contributed by atoms with E-state index >= 15 is 0 Å². The first-order valence-electron chi connectivity index (χ1n) is 10.8. The van der Waals surface area contributed by atoms with Gasteiger partial charge in [0.25, 0.3) is 0 Å². The van der Waals surface area contributed by atoms with Gasteiger partial charge in [0, 0.05) is 17.9 Å². The molecular formula is C23H34O4. The van der Waals surface area contributed by atoms with Crippen LogP contribution in [0, 0.1) is 34.5 Å². The van der Waals surface area contributed by atoms with E-state index < -0.39 is 0 Å². The fraction of sp³-hybridized carbons (Fsp3) is 0.826. The summed E-state index contributed by atoms with van der Waals surface area (Å²) >= 11 is 0. The molecule has 0 spiro atoms. The van der Waals surface area contributed by atoms with Crippen LogP contribution >= 0.6 is 0 Å². The number of hydrogen-bond acceptors (Lipinski definition) is 4. The SMILES string of the molecule is COC(=O)C1=CCC2C3CCC4CC(OC(C)=O)CCC4(C)C3CCC12C. The molecule has 3 saturated carbocycles. The van der Waals surface area contributed by atoms with Crippen molar-refractivity contribution in [2.75, 3.05) is 7.11 Å². The predicted octanol–water partition coefficient (Wildman–Crippen LogP) is 4.67. The highest BCUT2D eigenvalue weighted by molar-refractivity contribution is 5.90. The van der Waals surface area contributed by atoms with Crippen molar-refractivity contribution < 1.29 is 19.1 Å². The molecule has 4 rings (SSSR count). The molecule has 7 atom stereocenters. The Morgan fingerprint density at radius 2 is 1.85 bits per heavy atom. The molecule has 3 fully saturated rings. The van der Waals surface area contributed by atoms with Crippen LogP contribution in [0.5, 0.6) is 0 Å². The second-order valence-electron chi connectivity index (χ2n) is 9.96. The quantitative estimate of drug-likeness (QED) is 0.659. The lowest BCUT2D eigenvalue weighted by molar-refractivity contribution is -0.159. The maximum atomic E-state index is 12.3. The topological polar surface area (TPSA) is 52.6 Å². The zero-order chi connectivity index (χ0) is 19.4. The molecule has 0 radical (unpaired) electrons. The van der Waals surface area contributed by atoms with Gasteiger partial charge < -0.3 is 9.47 Å². The minimum absolute atomic E-state index is 0.00754. The lowest BCUT2D eigenvalue weighted by Crippen LogP contribution is -2.54. The van der Waals surface area contributed by atoms with Crippen molar-refractivity contribution in [3.63, 3.8) is 0 Å². The van der Waals surface area contributed by atoms with Gasteiger partial charge in [0.15, 0.2) is 0 Å². The number of methoxy groups -OCH3 is 1. The monoisotopic (exact) mass is 374 g/mol. The van der Waals surface area contributed by atoms with Crippen molar-refractivity contribution in [2.24, 2.45) is 34.5 Å². The van der Waals surface area contributed by atoms with Crippen molar-refractivity contribution in [1.82, 2.24) is 0 Å². The van der Waals surface area contributed by atoms with Gasteiger partial charge in [-0.2, -0.15) is 0 Å². The average molecular weight is 375 g/mol. The lowest BCUT2D eigenvalue weighted by atomic mass is 9.44. The molecular weight excluding hydrogens is 340 g/mol. The van der Waals surface area contributed by atoms with E-state index in [1.54, 1.807) is 0 Å². The molecule has 27 heavy (non-hydrogen) atoms. The van der Waals surface area contributed by atoms with Crippen molar-refractivity contribution in [3.8, 4) is 0 Å². The third-order valence-corrected chi connectivity index (χ3v) is 8.94. The molecule has 0 amide bonds. The molecule has 4 aliphatic carbocycles. The Kier molecular flexibility index (Phi) is 4.67. The van der Waals surface area contributed by atoms with Gasteiger partial charge in [-0.05, 0) is 80.5 Å². The maximum Gasteiger partial charge on any atom is 0.333 e. The first kappa shape index (κ1) is 19.0. The second kappa shape index (κ2) is 6.63. The van der Waals surface area contributed by atoms with Crippen LogP contribution in [0.4, 0.5) is 0 Å². The molecule has 0 aromatic rings. The summed E-state index contributed by atoms with van der Waals surface area (Å²) in [4.78, 5) is 23.7. The zero-order valence-electron chi connectivity index (χ0n) is 17.3. The molecule has 0 bridgehead atoms. The lowest BCUT2D eigenvalue weighted by Gasteiger charge is -2.60. The molecule has 4 nitrogen and oxygen atoms in total. The minimum Gasteiger partial charge on any atom is -0.466 e. The first-order valence-corrected chi connectivity index (χ1v) is 10.8. The Hall–Kier alpha value is -1.32. The average Bonchev–Trinajstić information content (AvgIpc) is 2.98. The van der Waals surface area contributed by atoms with Crippen LogP contribution in [0.25, 0.3) is 0 Å². The van der Waals surface area contributed by atoms with Crippen molar-refractivity contribution in [1.29, 1.82) is 0 Å². The number of rotatable bonds is 2. The first-order chi connectivity index (χ1) is 12.8. The highest BCUT2D eigenvalue weighted by Gasteiger charge is 2.59. The number of ether oxygens (including phenoxy) is 2. The van der Waals surface area contributed by atoms with Crippen LogP contribution in [0.1, 0.15) is 72.1 Å². The van der Waals surface area contributed by atoms with Crippen LogP contribution < -0.4 is 0 Å². The van der Waals surface area contributed by atoms with Gasteiger partial charge in [0.05, 0.1) is 7.11 Å². The molecule has 0 aliphatic heterocycles. The van der Waals surface area contributed by atoms with Gasteiger partial charge in [-0.15, -0.1) is 0 Å². The highest BCUT2D eigenvalue weighted by atomic mass is 16.5. The van der Waals surface area contributed by atoms with E-state index in [0.29, 0.717) is 23.2 Å². The Morgan fingerprint density at radius 1 is 1.07 bits per heavy atom. The smallest absolute Gasteiger partial charge is 0.333 e. The summed E-state index contributed by atoms with van der Waals surface area (Å²) in [5.74, 6) is 2.41. The molecule has 4 aliphatic rings. The van der Waals surface area contributed by atoms with E-state index in [9.17, 15) is 9.59 Å². The van der Waals surface area contributed by atoms with E-state index in [1.807, 2.05) is 0 Å². The number of esters is 2. The third kappa shape index (κ3) is 2.86. The fourth-order valence-electron chi connectivity index (χ4n) is 7.55. The summed E-state index contributed by atoms with van der Waals surface area (Å²) in [6.07, 6.45) is 11.3. The maximum absolute atomic E-state index is 12.3. The van der Waals surface area contributed by atoms with Crippen molar-refractivity contribution >= 4 is 11.9 Å². The number of allylic oxidation sites excluding steroid dienone is 1. The minimum atomic E-state index is -0.141. The van der Waals surface area contributed by atoms with E-state index in [0.717, 1.165) is 43.6 Å². The van der Waals surface area contributed by atoms with Crippen LogP contribution in [0.2, 0.25) is 0 Å². The molecule has 0 heterocycles. The standard InChI is InChI=1S/C23H34O4/c1-14(24)27-16-9-11-22(2)15(13-16)5-6-17-18-7-8-20(21(25)26-4)23(18,3)12-10-19(17)22/h8,15-19H,5-7,9-13H2,1-4H3. The largest absolute Gasteiger partial charge is 0.466 e. The summed E-state index contributed by atoms with van der Waals surface area (Å²) in [6.45, 7) is 6.33. The Morgan fingerprint density at radius 3 is 2.56 bits per heavy atom. The number of fused-ring (bicyclic) bond motifs is 5. The van der Waals surface area contributed by atoms with Crippen molar-refractivity contribution in [3.05, 3.63) is 11.6 Å². The van der Waals surface area contributed by atoms with Crippen molar-refractivity contribution in [2.45, 2.75) is 78.2 Å². The molecule has 4 heteroatoms. The van der Waals surface area contributed by atoms with Crippen LogP contribution in [-0.2, 0) is 19.1 Å². The van der Waals surface area contributed by atoms with Crippen LogP contribution in [0.15, 0.2) is 11.6 Å². The Balaban J connectivity index is 1.53. The summed E-state index contributed by atoms with van der Waals surface area (Å²) in [5, 5.41) is 0.